The summed E-state index contributed by atoms with van der Waals surface area (Å²) in [6.45, 7) is 0. The van der Waals surface area contributed by atoms with Crippen molar-refractivity contribution in [3.63, 3.8) is 0 Å². The third-order valence-electron chi connectivity index (χ3n) is 6.63. The number of piperidine rings is 1. The quantitative estimate of drug-likeness (QED) is 0.880. The Bertz CT molecular complexity index is 912. The van der Waals surface area contributed by atoms with Gasteiger partial charge < -0.3 is 10.2 Å². The molecule has 2 fully saturated rings. The van der Waals surface area contributed by atoms with Crippen LogP contribution >= 0.6 is 0 Å². The van der Waals surface area contributed by atoms with Gasteiger partial charge in [0.2, 0.25) is 5.91 Å². The number of hydrogen-bond donors (Lipinski definition) is 1. The van der Waals surface area contributed by atoms with Crippen molar-refractivity contribution in [1.82, 2.24) is 10.2 Å². The highest BCUT2D eigenvalue weighted by molar-refractivity contribution is 5.99. The highest BCUT2D eigenvalue weighted by Crippen LogP contribution is 2.44. The molecule has 144 valence electrons. The zero-order chi connectivity index (χ0) is 19.3. The van der Waals surface area contributed by atoms with E-state index in [0.717, 1.165) is 31.2 Å². The molecule has 4 nitrogen and oxygen atoms in total. The fourth-order valence-corrected chi connectivity index (χ4v) is 5.35. The van der Waals surface area contributed by atoms with Gasteiger partial charge in [0, 0.05) is 17.6 Å². The highest BCUT2D eigenvalue weighted by Gasteiger charge is 2.44. The first-order chi connectivity index (χ1) is 13.6. The molecule has 2 aromatic rings. The van der Waals surface area contributed by atoms with Gasteiger partial charge in [0.05, 0.1) is 12.5 Å². The van der Waals surface area contributed by atoms with E-state index >= 15 is 0 Å². The minimum absolute atomic E-state index is 0.0913. The number of fused-ring (bicyclic) bond motifs is 3. The van der Waals surface area contributed by atoms with E-state index in [1.165, 1.54) is 17.7 Å². The van der Waals surface area contributed by atoms with E-state index < -0.39 is 0 Å². The van der Waals surface area contributed by atoms with E-state index in [2.05, 4.69) is 10.2 Å². The van der Waals surface area contributed by atoms with Gasteiger partial charge in [-0.05, 0) is 60.9 Å². The number of hydrogen-bond acceptors (Lipinski definition) is 2. The lowest BCUT2D eigenvalue weighted by atomic mass is 9.84. The molecular formula is C23H23FN2O2. The van der Waals surface area contributed by atoms with Gasteiger partial charge in [-0.25, -0.2) is 4.39 Å². The number of carbonyl (C=O) groups is 2. The summed E-state index contributed by atoms with van der Waals surface area (Å²) in [5.41, 5.74) is 2.77. The topological polar surface area (TPSA) is 49.4 Å². The van der Waals surface area contributed by atoms with Crippen LogP contribution in [0.2, 0.25) is 0 Å². The molecule has 0 radical (unpaired) electrons. The molecule has 3 aliphatic heterocycles. The van der Waals surface area contributed by atoms with Crippen LogP contribution in [0.4, 0.5) is 4.39 Å². The number of nitrogens with zero attached hydrogens (tertiary/aromatic N) is 1. The van der Waals surface area contributed by atoms with Crippen molar-refractivity contribution >= 4 is 11.8 Å². The van der Waals surface area contributed by atoms with E-state index in [0.29, 0.717) is 17.9 Å². The van der Waals surface area contributed by atoms with Gasteiger partial charge in [-0.2, -0.15) is 0 Å². The average Bonchev–Trinajstić information content (AvgIpc) is 3.16. The fraction of sp³-hybridized carbons (Fsp3) is 0.391. The van der Waals surface area contributed by atoms with Crippen LogP contribution in [0.1, 0.15) is 65.5 Å². The lowest BCUT2D eigenvalue weighted by Gasteiger charge is -2.39. The summed E-state index contributed by atoms with van der Waals surface area (Å²) in [6, 6.07) is 14.6. The Labute approximate surface area is 163 Å². The lowest BCUT2D eigenvalue weighted by molar-refractivity contribution is -0.136. The molecule has 2 bridgehead atoms. The zero-order valence-corrected chi connectivity index (χ0v) is 15.6. The smallest absolute Gasteiger partial charge is 0.252 e. The third-order valence-corrected chi connectivity index (χ3v) is 6.63. The number of rotatable bonds is 3. The van der Waals surface area contributed by atoms with Gasteiger partial charge in [-0.15, -0.1) is 0 Å². The van der Waals surface area contributed by atoms with Crippen LogP contribution in [0.25, 0.3) is 0 Å². The van der Waals surface area contributed by atoms with Crippen molar-refractivity contribution in [3.8, 4) is 0 Å². The molecule has 3 heterocycles. The average molecular weight is 378 g/mol. The van der Waals surface area contributed by atoms with Gasteiger partial charge >= 0.3 is 0 Å². The second-order valence-corrected chi connectivity index (χ2v) is 8.22. The van der Waals surface area contributed by atoms with Gasteiger partial charge in [0.15, 0.2) is 0 Å². The van der Waals surface area contributed by atoms with Crippen molar-refractivity contribution in [2.75, 3.05) is 0 Å². The lowest BCUT2D eigenvalue weighted by Crippen LogP contribution is -2.46. The Morgan fingerprint density at radius 3 is 2.43 bits per heavy atom. The Balaban J connectivity index is 1.30. The van der Waals surface area contributed by atoms with Crippen LogP contribution < -0.4 is 5.32 Å². The maximum absolute atomic E-state index is 13.2. The van der Waals surface area contributed by atoms with Crippen LogP contribution in [0.15, 0.2) is 48.5 Å². The van der Waals surface area contributed by atoms with Gasteiger partial charge in [-0.1, -0.05) is 30.3 Å². The second-order valence-electron chi connectivity index (χ2n) is 8.22. The molecule has 0 aromatic heterocycles. The molecule has 2 aromatic carbocycles. The molecule has 5 rings (SSSR count). The predicted octanol–water partition coefficient (Wildman–Crippen LogP) is 3.94. The largest absolute Gasteiger partial charge is 0.345 e. The Morgan fingerprint density at radius 2 is 1.71 bits per heavy atom. The maximum Gasteiger partial charge on any atom is 0.252 e. The minimum atomic E-state index is -0.231. The summed E-state index contributed by atoms with van der Waals surface area (Å²) >= 11 is 0. The highest BCUT2D eigenvalue weighted by atomic mass is 19.1. The van der Waals surface area contributed by atoms with E-state index in [4.69, 9.17) is 0 Å². The summed E-state index contributed by atoms with van der Waals surface area (Å²) in [5.74, 6) is 0.214. The fourth-order valence-electron chi connectivity index (χ4n) is 5.35. The Hall–Kier alpha value is -2.69. The van der Waals surface area contributed by atoms with Crippen LogP contribution in [0.3, 0.4) is 0 Å². The Kier molecular flexibility index (Phi) is 4.18. The van der Waals surface area contributed by atoms with Crippen molar-refractivity contribution in [1.29, 1.82) is 0 Å². The number of amides is 2. The molecule has 28 heavy (non-hydrogen) atoms. The van der Waals surface area contributed by atoms with Crippen LogP contribution in [-0.4, -0.2) is 28.8 Å². The third kappa shape index (κ3) is 2.89. The normalized spacial score (nSPS) is 28.2. The van der Waals surface area contributed by atoms with E-state index in [1.54, 1.807) is 0 Å². The maximum atomic E-state index is 13.2. The number of benzene rings is 2. The first-order valence-corrected chi connectivity index (χ1v) is 10.1. The monoisotopic (exact) mass is 378 g/mol. The molecule has 1 N–H and O–H groups in total. The summed E-state index contributed by atoms with van der Waals surface area (Å²) in [5, 5.41) is 2.96. The first kappa shape index (κ1) is 17.4. The van der Waals surface area contributed by atoms with Gasteiger partial charge in [0.1, 0.15) is 5.82 Å². The van der Waals surface area contributed by atoms with E-state index in [1.807, 2.05) is 36.4 Å². The van der Waals surface area contributed by atoms with Crippen molar-refractivity contribution < 1.29 is 14.0 Å². The van der Waals surface area contributed by atoms with Crippen LogP contribution in [-0.2, 0) is 4.79 Å². The molecule has 0 saturated carbocycles. The van der Waals surface area contributed by atoms with Gasteiger partial charge in [-0.3, -0.25) is 9.59 Å². The molecule has 0 aliphatic carbocycles. The summed E-state index contributed by atoms with van der Waals surface area (Å²) < 4.78 is 13.2. The van der Waals surface area contributed by atoms with E-state index in [9.17, 15) is 14.0 Å². The molecule has 0 unspecified atom stereocenters. The summed E-state index contributed by atoms with van der Waals surface area (Å²) in [4.78, 5) is 27.4. The Morgan fingerprint density at radius 1 is 1.04 bits per heavy atom. The molecule has 2 amide bonds. The number of carbonyl (C=O) groups excluding carboxylic acids is 2. The molecule has 5 heteroatoms. The standard InChI is InChI=1S/C23H23FN2O2/c24-16-7-5-14(6-8-16)15-11-17-9-10-18(12-15)26(17)22(27)13-21-19-3-1-2-4-20(19)23(28)25-21/h1-8,15,17-18,21H,9-13H2,(H,25,28)/t17-,18-,21-/m0/s1. The summed E-state index contributed by atoms with van der Waals surface area (Å²) in [6.07, 6.45) is 4.24. The molecule has 0 spiro atoms. The minimum Gasteiger partial charge on any atom is -0.345 e. The molecule has 3 atom stereocenters. The molecular weight excluding hydrogens is 355 g/mol. The predicted molar refractivity (Wildman–Crippen MR) is 103 cm³/mol. The molecule has 3 aliphatic rings. The van der Waals surface area contributed by atoms with Crippen molar-refractivity contribution in [2.24, 2.45) is 0 Å². The number of nitrogens with one attached hydrogen (secondary N) is 1. The summed E-state index contributed by atoms with van der Waals surface area (Å²) in [7, 11) is 0. The number of halogens is 1. The van der Waals surface area contributed by atoms with Crippen molar-refractivity contribution in [2.45, 2.75) is 56.1 Å². The first-order valence-electron chi connectivity index (χ1n) is 10.1. The van der Waals surface area contributed by atoms with Gasteiger partial charge in [0.25, 0.3) is 5.91 Å². The van der Waals surface area contributed by atoms with Crippen LogP contribution in [0.5, 0.6) is 0 Å². The SMILES string of the molecule is O=C1N[C@@H](CC(=O)N2[C@H]3CC[C@H]2CC(c2ccc(F)cc2)C3)c2ccccc21. The van der Waals surface area contributed by atoms with E-state index in [-0.39, 0.29) is 35.8 Å². The van der Waals surface area contributed by atoms with Crippen LogP contribution in [0, 0.1) is 5.82 Å². The molecule has 2 saturated heterocycles. The van der Waals surface area contributed by atoms with Crippen molar-refractivity contribution in [3.05, 3.63) is 71.0 Å². The second kappa shape index (κ2) is 6.73. The zero-order valence-electron chi connectivity index (χ0n) is 15.6.